The first-order valence-corrected chi connectivity index (χ1v) is 7.98. The molecule has 0 spiro atoms. The van der Waals surface area contributed by atoms with E-state index in [1.54, 1.807) is 24.3 Å². The molecule has 0 amide bonds. The van der Waals surface area contributed by atoms with Crippen molar-refractivity contribution < 1.29 is 0 Å². The van der Waals surface area contributed by atoms with E-state index in [4.69, 9.17) is 11.6 Å². The van der Waals surface area contributed by atoms with Gasteiger partial charge in [0, 0.05) is 15.9 Å². The lowest BCUT2D eigenvalue weighted by Crippen LogP contribution is -2.32. The second kappa shape index (κ2) is 5.75. The van der Waals surface area contributed by atoms with E-state index in [0.29, 0.717) is 16.1 Å². The summed E-state index contributed by atoms with van der Waals surface area (Å²) >= 11 is 5.84. The summed E-state index contributed by atoms with van der Waals surface area (Å²) in [6.45, 7) is 1.95. The number of fused-ring (bicyclic) bond motifs is 3. The first kappa shape index (κ1) is 15.4. The van der Waals surface area contributed by atoms with E-state index in [9.17, 15) is 9.59 Å². The molecular formula is C18H13ClN4O2. The van der Waals surface area contributed by atoms with Gasteiger partial charge in [-0.25, -0.2) is 4.79 Å². The number of rotatable bonds is 2. The van der Waals surface area contributed by atoms with Gasteiger partial charge in [0.25, 0.3) is 0 Å². The smallest absolute Gasteiger partial charge is 0.349 e. The van der Waals surface area contributed by atoms with Crippen LogP contribution in [0.15, 0.2) is 57.2 Å². The van der Waals surface area contributed by atoms with Crippen LogP contribution >= 0.6 is 11.6 Å². The van der Waals surface area contributed by atoms with Crippen molar-refractivity contribution in [2.45, 2.75) is 6.92 Å². The molecule has 7 heteroatoms. The summed E-state index contributed by atoms with van der Waals surface area (Å²) in [5.74, 6) is 0. The number of aromatic nitrogens is 3. The van der Waals surface area contributed by atoms with E-state index in [2.05, 4.69) is 15.1 Å². The van der Waals surface area contributed by atoms with Gasteiger partial charge < -0.3 is 9.97 Å². The molecule has 0 saturated carbocycles. The van der Waals surface area contributed by atoms with Crippen molar-refractivity contribution in [3.8, 4) is 0 Å². The maximum Gasteiger partial charge on any atom is 0.350 e. The van der Waals surface area contributed by atoms with Crippen molar-refractivity contribution in [1.29, 1.82) is 0 Å². The zero-order valence-electron chi connectivity index (χ0n) is 13.2. The summed E-state index contributed by atoms with van der Waals surface area (Å²) in [6.07, 6.45) is 1.44. The number of nitrogens with one attached hydrogen (secondary N) is 2. The molecule has 0 bridgehead atoms. The molecule has 0 aliphatic heterocycles. The molecule has 2 aromatic carbocycles. The molecule has 4 aromatic rings. The summed E-state index contributed by atoms with van der Waals surface area (Å²) in [5.41, 5.74) is 2.26. The molecule has 0 fully saturated rings. The number of hydrogen-bond donors (Lipinski definition) is 2. The van der Waals surface area contributed by atoms with Gasteiger partial charge in [0.2, 0.25) is 0 Å². The predicted molar refractivity (Wildman–Crippen MR) is 99.9 cm³/mol. The molecule has 2 heterocycles. The third-order valence-corrected chi connectivity index (χ3v) is 4.23. The Morgan fingerprint density at radius 3 is 2.56 bits per heavy atom. The van der Waals surface area contributed by atoms with Gasteiger partial charge in [0.1, 0.15) is 5.52 Å². The molecule has 4 rings (SSSR count). The lowest BCUT2D eigenvalue weighted by Gasteiger charge is -1.98. The lowest BCUT2D eigenvalue weighted by molar-refractivity contribution is 0.770. The van der Waals surface area contributed by atoms with Crippen molar-refractivity contribution in [3.05, 3.63) is 79.5 Å². The van der Waals surface area contributed by atoms with Crippen LogP contribution in [0.5, 0.6) is 0 Å². The van der Waals surface area contributed by atoms with Crippen LogP contribution in [0.2, 0.25) is 5.02 Å². The van der Waals surface area contributed by atoms with Crippen LogP contribution in [0.25, 0.3) is 21.9 Å². The van der Waals surface area contributed by atoms with Gasteiger partial charge in [0.05, 0.1) is 11.7 Å². The molecule has 2 aromatic heterocycles. The van der Waals surface area contributed by atoms with E-state index < -0.39 is 11.2 Å². The van der Waals surface area contributed by atoms with Gasteiger partial charge in [-0.2, -0.15) is 5.10 Å². The molecule has 0 aliphatic rings. The van der Waals surface area contributed by atoms with Gasteiger partial charge in [-0.3, -0.25) is 4.79 Å². The molecule has 0 saturated heterocycles. The topological polar surface area (TPSA) is 83.0 Å². The molecule has 0 atom stereocenters. The lowest BCUT2D eigenvalue weighted by atomic mass is 10.2. The second-order valence-electron chi connectivity index (χ2n) is 5.77. The molecule has 0 unspecified atom stereocenters. The van der Waals surface area contributed by atoms with E-state index in [-0.39, 0.29) is 0 Å². The van der Waals surface area contributed by atoms with E-state index in [1.165, 1.54) is 6.21 Å². The standard InChI is InChI=1S/C18H13ClN4O2/c1-10-2-7-14-13(8-10)15-16(21-14)17(24)23(18(25)22-15)20-9-11-3-5-12(19)6-4-11/h2-9,21H,1H3,(H,22,25)/b20-9+. The fraction of sp³-hybridized carbons (Fsp3) is 0.0556. The van der Waals surface area contributed by atoms with Crippen LogP contribution in [0.3, 0.4) is 0 Å². The fourth-order valence-electron chi connectivity index (χ4n) is 2.73. The van der Waals surface area contributed by atoms with Crippen molar-refractivity contribution in [2.24, 2.45) is 5.10 Å². The first-order valence-electron chi connectivity index (χ1n) is 7.60. The minimum Gasteiger partial charge on any atom is -0.349 e. The van der Waals surface area contributed by atoms with Crippen molar-refractivity contribution >= 4 is 39.8 Å². The van der Waals surface area contributed by atoms with Crippen LogP contribution in [-0.2, 0) is 0 Å². The number of aromatic amines is 2. The Labute approximate surface area is 146 Å². The summed E-state index contributed by atoms with van der Waals surface area (Å²) in [6, 6.07) is 12.6. The Hall–Kier alpha value is -3.12. The molecule has 25 heavy (non-hydrogen) atoms. The first-order chi connectivity index (χ1) is 12.0. The minimum absolute atomic E-state index is 0.313. The molecule has 0 radical (unpaired) electrons. The number of benzene rings is 2. The Kier molecular flexibility index (Phi) is 3.54. The highest BCUT2D eigenvalue weighted by Crippen LogP contribution is 2.21. The maximum absolute atomic E-state index is 12.7. The van der Waals surface area contributed by atoms with E-state index in [0.717, 1.165) is 26.7 Å². The van der Waals surface area contributed by atoms with E-state index in [1.807, 2.05) is 25.1 Å². The van der Waals surface area contributed by atoms with E-state index >= 15 is 0 Å². The Bertz CT molecular complexity index is 1250. The molecular weight excluding hydrogens is 340 g/mol. The summed E-state index contributed by atoms with van der Waals surface area (Å²) in [7, 11) is 0. The number of H-pyrrole nitrogens is 2. The number of aryl methyl sites for hydroxylation is 1. The maximum atomic E-state index is 12.7. The third kappa shape index (κ3) is 2.66. The van der Waals surface area contributed by atoms with Gasteiger partial charge in [-0.05, 0) is 36.8 Å². The van der Waals surface area contributed by atoms with Gasteiger partial charge >= 0.3 is 11.2 Å². The van der Waals surface area contributed by atoms with Crippen molar-refractivity contribution in [3.63, 3.8) is 0 Å². The average Bonchev–Trinajstić information content (AvgIpc) is 2.94. The van der Waals surface area contributed by atoms with Gasteiger partial charge in [-0.1, -0.05) is 35.4 Å². The normalized spacial score (nSPS) is 11.8. The predicted octanol–water partition coefficient (Wildman–Crippen LogP) is 3.02. The molecule has 124 valence electrons. The molecule has 6 nitrogen and oxygen atoms in total. The zero-order valence-corrected chi connectivity index (χ0v) is 14.0. The van der Waals surface area contributed by atoms with Crippen molar-refractivity contribution in [2.75, 3.05) is 0 Å². The van der Waals surface area contributed by atoms with Crippen LogP contribution in [0.1, 0.15) is 11.1 Å². The zero-order chi connectivity index (χ0) is 17.6. The summed E-state index contributed by atoms with van der Waals surface area (Å²) < 4.78 is 0.805. The second-order valence-corrected chi connectivity index (χ2v) is 6.20. The Morgan fingerprint density at radius 2 is 1.80 bits per heavy atom. The Balaban J connectivity index is 1.90. The third-order valence-electron chi connectivity index (χ3n) is 3.98. The minimum atomic E-state index is -0.592. The molecule has 0 aliphatic carbocycles. The Morgan fingerprint density at radius 1 is 1.04 bits per heavy atom. The number of hydrogen-bond acceptors (Lipinski definition) is 3. The SMILES string of the molecule is Cc1ccc2[nH]c3c(=O)n(/N=C/c4ccc(Cl)cc4)c(=O)[nH]c3c2c1. The van der Waals surface area contributed by atoms with Crippen LogP contribution < -0.4 is 11.2 Å². The highest BCUT2D eigenvalue weighted by Gasteiger charge is 2.12. The highest BCUT2D eigenvalue weighted by atomic mass is 35.5. The van der Waals surface area contributed by atoms with Crippen LogP contribution in [0, 0.1) is 6.92 Å². The van der Waals surface area contributed by atoms with Gasteiger partial charge in [0.15, 0.2) is 0 Å². The number of nitrogens with zero attached hydrogens (tertiary/aromatic N) is 2. The van der Waals surface area contributed by atoms with Gasteiger partial charge in [-0.15, -0.1) is 4.68 Å². The fourth-order valence-corrected chi connectivity index (χ4v) is 2.86. The average molecular weight is 353 g/mol. The van der Waals surface area contributed by atoms with Crippen LogP contribution in [-0.4, -0.2) is 20.9 Å². The summed E-state index contributed by atoms with van der Waals surface area (Å²) in [5, 5.41) is 5.42. The largest absolute Gasteiger partial charge is 0.350 e. The molecule has 2 N–H and O–H groups in total. The number of halogens is 1. The highest BCUT2D eigenvalue weighted by molar-refractivity contribution is 6.30. The monoisotopic (exact) mass is 352 g/mol. The summed E-state index contributed by atoms with van der Waals surface area (Å²) in [4.78, 5) is 30.8. The quantitative estimate of drug-likeness (QED) is 0.543. The van der Waals surface area contributed by atoms with Crippen LogP contribution in [0.4, 0.5) is 0 Å². The van der Waals surface area contributed by atoms with Crippen molar-refractivity contribution in [1.82, 2.24) is 14.6 Å².